The molecule has 1 amide bonds. The lowest BCUT2D eigenvalue weighted by molar-refractivity contribution is 0.132. The lowest BCUT2D eigenvalue weighted by Crippen LogP contribution is -2.36. The zero-order valence-electron chi connectivity index (χ0n) is 13.2. The van der Waals surface area contributed by atoms with Crippen molar-refractivity contribution in [2.75, 3.05) is 13.1 Å². The molecule has 122 valence electrons. The maximum Gasteiger partial charge on any atom is 0.407 e. The van der Waals surface area contributed by atoms with Crippen LogP contribution in [-0.2, 0) is 0 Å². The van der Waals surface area contributed by atoms with Crippen molar-refractivity contribution in [2.24, 2.45) is 0 Å². The molecule has 2 aromatic rings. The van der Waals surface area contributed by atoms with Crippen LogP contribution < -0.4 is 0 Å². The number of carboxylic acid groups (broad SMARTS) is 1. The number of phenolic OH excluding ortho intramolecular Hbond substituents is 1. The molecular formula is C17H20N2O3S. The van der Waals surface area contributed by atoms with E-state index >= 15 is 0 Å². The number of aromatic hydroxyl groups is 1. The van der Waals surface area contributed by atoms with E-state index in [0.717, 1.165) is 40.2 Å². The first-order valence-corrected chi connectivity index (χ1v) is 8.57. The summed E-state index contributed by atoms with van der Waals surface area (Å²) in [6.45, 7) is 4.93. The summed E-state index contributed by atoms with van der Waals surface area (Å²) in [5.74, 6) is 0.675. The van der Waals surface area contributed by atoms with Gasteiger partial charge >= 0.3 is 6.09 Å². The molecule has 0 aliphatic carbocycles. The molecule has 2 heterocycles. The number of aromatic nitrogens is 1. The summed E-state index contributed by atoms with van der Waals surface area (Å²) in [6, 6.07) is 3.91. The monoisotopic (exact) mass is 332 g/mol. The summed E-state index contributed by atoms with van der Waals surface area (Å²) < 4.78 is 0. The number of piperidine rings is 1. The van der Waals surface area contributed by atoms with Gasteiger partial charge in [0.2, 0.25) is 0 Å². The Hall–Kier alpha value is -2.08. The Kier molecular flexibility index (Phi) is 4.26. The number of hydrogen-bond acceptors (Lipinski definition) is 4. The van der Waals surface area contributed by atoms with Gasteiger partial charge < -0.3 is 15.1 Å². The molecule has 1 aromatic carbocycles. The van der Waals surface area contributed by atoms with Crippen molar-refractivity contribution in [1.29, 1.82) is 0 Å². The van der Waals surface area contributed by atoms with Crippen LogP contribution in [0, 0.1) is 13.8 Å². The summed E-state index contributed by atoms with van der Waals surface area (Å²) in [5, 5.41) is 22.0. The van der Waals surface area contributed by atoms with Gasteiger partial charge in [0.05, 0.1) is 10.7 Å². The van der Waals surface area contributed by atoms with Crippen LogP contribution in [0.4, 0.5) is 4.79 Å². The molecule has 0 spiro atoms. The molecule has 1 aliphatic rings. The molecule has 1 fully saturated rings. The molecule has 0 atom stereocenters. The van der Waals surface area contributed by atoms with E-state index in [9.17, 15) is 9.90 Å². The Morgan fingerprint density at radius 3 is 2.43 bits per heavy atom. The van der Waals surface area contributed by atoms with Crippen LogP contribution in [0.5, 0.6) is 5.75 Å². The lowest BCUT2D eigenvalue weighted by atomic mass is 9.98. The van der Waals surface area contributed by atoms with E-state index in [1.54, 1.807) is 11.3 Å². The Balaban J connectivity index is 1.78. The maximum absolute atomic E-state index is 11.0. The van der Waals surface area contributed by atoms with Crippen LogP contribution in [0.3, 0.4) is 0 Å². The number of thiazole rings is 1. The third-order valence-electron chi connectivity index (χ3n) is 4.42. The van der Waals surface area contributed by atoms with Gasteiger partial charge in [-0.2, -0.15) is 0 Å². The molecule has 5 nitrogen and oxygen atoms in total. The van der Waals surface area contributed by atoms with Crippen molar-refractivity contribution in [2.45, 2.75) is 32.6 Å². The quantitative estimate of drug-likeness (QED) is 0.872. The summed E-state index contributed by atoms with van der Waals surface area (Å²) >= 11 is 1.64. The number of aryl methyl sites for hydroxylation is 2. The molecule has 0 saturated carbocycles. The van der Waals surface area contributed by atoms with E-state index in [2.05, 4.69) is 0 Å². The Labute approximate surface area is 139 Å². The molecule has 1 saturated heterocycles. The number of likely N-dealkylation sites (tertiary alicyclic amines) is 1. The van der Waals surface area contributed by atoms with Gasteiger partial charge in [-0.25, -0.2) is 9.78 Å². The smallest absolute Gasteiger partial charge is 0.407 e. The minimum atomic E-state index is -0.835. The van der Waals surface area contributed by atoms with Gasteiger partial charge in [0, 0.05) is 30.0 Å². The van der Waals surface area contributed by atoms with Crippen LogP contribution >= 0.6 is 11.3 Å². The molecule has 2 N–H and O–H groups in total. The first kappa shape index (κ1) is 15.8. The van der Waals surface area contributed by atoms with Crippen LogP contribution in [0.15, 0.2) is 17.5 Å². The zero-order chi connectivity index (χ0) is 16.6. The molecular weight excluding hydrogens is 312 g/mol. The van der Waals surface area contributed by atoms with Gasteiger partial charge in [0.25, 0.3) is 0 Å². The topological polar surface area (TPSA) is 73.7 Å². The SMILES string of the molecule is Cc1cc(-c2csc(C3CCN(C(=O)O)CC3)n2)cc(C)c1O. The summed E-state index contributed by atoms with van der Waals surface area (Å²) in [4.78, 5) is 17.2. The largest absolute Gasteiger partial charge is 0.507 e. The van der Waals surface area contributed by atoms with Crippen molar-refractivity contribution in [3.05, 3.63) is 33.6 Å². The van der Waals surface area contributed by atoms with Gasteiger partial charge in [-0.1, -0.05) is 0 Å². The molecule has 0 unspecified atom stereocenters. The third kappa shape index (κ3) is 3.17. The molecule has 6 heteroatoms. The normalized spacial score (nSPS) is 15.8. The molecule has 0 bridgehead atoms. The average Bonchev–Trinajstić information content (AvgIpc) is 3.02. The van der Waals surface area contributed by atoms with E-state index in [4.69, 9.17) is 10.1 Å². The minimum absolute atomic E-state index is 0.337. The van der Waals surface area contributed by atoms with E-state index in [0.29, 0.717) is 24.8 Å². The van der Waals surface area contributed by atoms with Crippen LogP contribution in [0.2, 0.25) is 0 Å². The van der Waals surface area contributed by atoms with E-state index < -0.39 is 6.09 Å². The summed E-state index contributed by atoms with van der Waals surface area (Å²) in [7, 11) is 0. The number of phenols is 1. The number of carbonyl (C=O) groups is 1. The van der Waals surface area contributed by atoms with Crippen molar-refractivity contribution in [3.8, 4) is 17.0 Å². The van der Waals surface area contributed by atoms with Gasteiger partial charge in [-0.15, -0.1) is 11.3 Å². The maximum atomic E-state index is 11.0. The van der Waals surface area contributed by atoms with Crippen LogP contribution in [-0.4, -0.2) is 39.3 Å². The second kappa shape index (κ2) is 6.20. The van der Waals surface area contributed by atoms with E-state index in [1.165, 1.54) is 4.90 Å². The highest BCUT2D eigenvalue weighted by atomic mass is 32.1. The van der Waals surface area contributed by atoms with Crippen molar-refractivity contribution in [3.63, 3.8) is 0 Å². The number of hydrogen-bond donors (Lipinski definition) is 2. The van der Waals surface area contributed by atoms with E-state index in [-0.39, 0.29) is 0 Å². The predicted octanol–water partition coefficient (Wildman–Crippen LogP) is 3.99. The van der Waals surface area contributed by atoms with Gasteiger partial charge in [0.15, 0.2) is 0 Å². The van der Waals surface area contributed by atoms with Crippen LogP contribution in [0.1, 0.15) is 34.9 Å². The summed E-state index contributed by atoms with van der Waals surface area (Å²) in [6.07, 6.45) is 0.818. The Bertz CT molecular complexity index is 710. The summed E-state index contributed by atoms with van der Waals surface area (Å²) in [5.41, 5.74) is 3.65. The first-order chi connectivity index (χ1) is 11.0. The van der Waals surface area contributed by atoms with Gasteiger partial charge in [0.1, 0.15) is 5.75 Å². The highest BCUT2D eigenvalue weighted by Gasteiger charge is 2.25. The first-order valence-electron chi connectivity index (χ1n) is 7.69. The number of benzene rings is 1. The molecule has 23 heavy (non-hydrogen) atoms. The Morgan fingerprint density at radius 1 is 1.26 bits per heavy atom. The van der Waals surface area contributed by atoms with Crippen molar-refractivity contribution < 1.29 is 15.0 Å². The Morgan fingerprint density at radius 2 is 1.87 bits per heavy atom. The molecule has 1 aromatic heterocycles. The predicted molar refractivity (Wildman–Crippen MR) is 90.3 cm³/mol. The standard InChI is InChI=1S/C17H20N2O3S/c1-10-7-13(8-11(2)15(10)20)14-9-23-16(18-14)12-3-5-19(6-4-12)17(21)22/h7-9,12,20H,3-6H2,1-2H3,(H,21,22). The fourth-order valence-electron chi connectivity index (χ4n) is 3.03. The highest BCUT2D eigenvalue weighted by Crippen LogP contribution is 2.34. The second-order valence-corrected chi connectivity index (χ2v) is 6.96. The second-order valence-electron chi connectivity index (χ2n) is 6.07. The van der Waals surface area contributed by atoms with Crippen molar-refractivity contribution in [1.82, 2.24) is 9.88 Å². The number of nitrogens with zero attached hydrogens (tertiary/aromatic N) is 2. The number of amides is 1. The number of rotatable bonds is 2. The highest BCUT2D eigenvalue weighted by molar-refractivity contribution is 7.10. The van der Waals surface area contributed by atoms with Crippen LogP contribution in [0.25, 0.3) is 11.3 Å². The molecule has 0 radical (unpaired) electrons. The van der Waals surface area contributed by atoms with Gasteiger partial charge in [-0.3, -0.25) is 0 Å². The van der Waals surface area contributed by atoms with E-state index in [1.807, 2.05) is 31.4 Å². The zero-order valence-corrected chi connectivity index (χ0v) is 14.1. The van der Waals surface area contributed by atoms with Crippen molar-refractivity contribution >= 4 is 17.4 Å². The molecule has 1 aliphatic heterocycles. The van der Waals surface area contributed by atoms with Gasteiger partial charge in [-0.05, 0) is 49.9 Å². The third-order valence-corrected chi connectivity index (χ3v) is 5.43. The fourth-order valence-corrected chi connectivity index (χ4v) is 4.03. The minimum Gasteiger partial charge on any atom is -0.507 e. The average molecular weight is 332 g/mol. The fraction of sp³-hybridized carbons (Fsp3) is 0.412. The molecule has 3 rings (SSSR count). The lowest BCUT2D eigenvalue weighted by Gasteiger charge is -2.28.